The van der Waals surface area contributed by atoms with Gasteiger partial charge in [0.25, 0.3) is 11.8 Å². The molecule has 2 amide bonds. The third kappa shape index (κ3) is 6.42. The van der Waals surface area contributed by atoms with Crippen LogP contribution in [0.1, 0.15) is 41.2 Å². The molecule has 2 aromatic carbocycles. The first-order chi connectivity index (χ1) is 14.9. The Morgan fingerprint density at radius 3 is 2.19 bits per heavy atom. The van der Waals surface area contributed by atoms with E-state index in [2.05, 4.69) is 16.0 Å². The topological polar surface area (TPSA) is 92.6 Å². The zero-order valence-corrected chi connectivity index (χ0v) is 18.0. The van der Waals surface area contributed by atoms with E-state index in [4.69, 9.17) is 21.4 Å². The van der Waals surface area contributed by atoms with E-state index in [1.165, 1.54) is 6.26 Å². The molecular formula is C23H23N3O4S. The molecule has 1 aromatic heterocycles. The van der Waals surface area contributed by atoms with E-state index in [0.717, 1.165) is 6.42 Å². The number of thiocarbonyl (C=S) groups is 1. The van der Waals surface area contributed by atoms with E-state index >= 15 is 0 Å². The van der Waals surface area contributed by atoms with Crippen molar-refractivity contribution in [3.05, 3.63) is 78.3 Å². The Labute approximate surface area is 185 Å². The van der Waals surface area contributed by atoms with Gasteiger partial charge in [-0.15, -0.1) is 0 Å². The van der Waals surface area contributed by atoms with Gasteiger partial charge in [0.2, 0.25) is 0 Å². The number of rotatable bonds is 7. The van der Waals surface area contributed by atoms with Crippen LogP contribution in [0, 0.1) is 0 Å². The molecule has 0 fully saturated rings. The summed E-state index contributed by atoms with van der Waals surface area (Å²) < 4.78 is 10.8. The van der Waals surface area contributed by atoms with Crippen LogP contribution in [0.25, 0.3) is 0 Å². The Morgan fingerprint density at radius 1 is 0.968 bits per heavy atom. The SMILES string of the molecule is CC[C@@H](C)Oc1ccc(C(=O)NC(=S)Nc2ccc(NC(=O)c3ccco3)cc2)cc1. The average Bonchev–Trinajstić information content (AvgIpc) is 3.30. The van der Waals surface area contributed by atoms with Crippen LogP contribution < -0.4 is 20.7 Å². The Kier molecular flexibility index (Phi) is 7.40. The lowest BCUT2D eigenvalue weighted by atomic mass is 10.2. The molecule has 0 aliphatic heterocycles. The molecule has 3 aromatic rings. The smallest absolute Gasteiger partial charge is 0.291 e. The van der Waals surface area contributed by atoms with Gasteiger partial charge in [-0.1, -0.05) is 6.92 Å². The van der Waals surface area contributed by atoms with Gasteiger partial charge in [-0.05, 0) is 86.2 Å². The number of amides is 2. The predicted octanol–water partition coefficient (Wildman–Crippen LogP) is 4.84. The summed E-state index contributed by atoms with van der Waals surface area (Å²) in [6.07, 6.45) is 2.45. The zero-order chi connectivity index (χ0) is 22.2. The molecule has 3 rings (SSSR count). The van der Waals surface area contributed by atoms with Gasteiger partial charge in [0.05, 0.1) is 12.4 Å². The fourth-order valence-corrected chi connectivity index (χ4v) is 2.79. The van der Waals surface area contributed by atoms with Crippen LogP contribution in [0.4, 0.5) is 11.4 Å². The van der Waals surface area contributed by atoms with Crippen molar-refractivity contribution >= 4 is 40.5 Å². The minimum Gasteiger partial charge on any atom is -0.491 e. The first kappa shape index (κ1) is 22.0. The van der Waals surface area contributed by atoms with E-state index in [9.17, 15) is 9.59 Å². The summed E-state index contributed by atoms with van der Waals surface area (Å²) in [6.45, 7) is 4.04. The number of carbonyl (C=O) groups is 2. The Morgan fingerprint density at radius 2 is 1.61 bits per heavy atom. The van der Waals surface area contributed by atoms with Gasteiger partial charge in [-0.25, -0.2) is 0 Å². The summed E-state index contributed by atoms with van der Waals surface area (Å²) in [7, 11) is 0. The number of furan rings is 1. The lowest BCUT2D eigenvalue weighted by Crippen LogP contribution is -2.34. The highest BCUT2D eigenvalue weighted by Gasteiger charge is 2.10. The van der Waals surface area contributed by atoms with Crippen molar-refractivity contribution in [2.45, 2.75) is 26.4 Å². The van der Waals surface area contributed by atoms with Gasteiger partial charge in [0.15, 0.2) is 10.9 Å². The second-order valence-corrected chi connectivity index (χ2v) is 7.19. The summed E-state index contributed by atoms with van der Waals surface area (Å²) in [5.41, 5.74) is 1.73. The third-order valence-electron chi connectivity index (χ3n) is 4.40. The molecule has 8 heteroatoms. The maximum absolute atomic E-state index is 12.4. The molecule has 3 N–H and O–H groups in total. The number of anilines is 2. The summed E-state index contributed by atoms with van der Waals surface area (Å²) in [5, 5.41) is 8.47. The number of benzene rings is 2. The molecule has 0 unspecified atom stereocenters. The number of hydrogen-bond acceptors (Lipinski definition) is 5. The van der Waals surface area contributed by atoms with Crippen molar-refractivity contribution in [3.63, 3.8) is 0 Å². The van der Waals surface area contributed by atoms with Crippen LogP contribution in [0.5, 0.6) is 5.75 Å². The normalized spacial score (nSPS) is 11.3. The number of carbonyl (C=O) groups excluding carboxylic acids is 2. The van der Waals surface area contributed by atoms with E-state index in [-0.39, 0.29) is 28.8 Å². The van der Waals surface area contributed by atoms with Crippen LogP contribution in [-0.2, 0) is 0 Å². The van der Waals surface area contributed by atoms with E-state index < -0.39 is 0 Å². The predicted molar refractivity (Wildman–Crippen MR) is 124 cm³/mol. The minimum atomic E-state index is -0.339. The molecule has 1 heterocycles. The van der Waals surface area contributed by atoms with Crippen LogP contribution in [-0.4, -0.2) is 23.0 Å². The minimum absolute atomic E-state index is 0.112. The highest BCUT2D eigenvalue weighted by atomic mass is 32.1. The summed E-state index contributed by atoms with van der Waals surface area (Å²) in [4.78, 5) is 24.4. The van der Waals surface area contributed by atoms with Crippen molar-refractivity contribution < 1.29 is 18.7 Å². The van der Waals surface area contributed by atoms with E-state index in [1.807, 2.05) is 13.8 Å². The number of hydrogen-bond donors (Lipinski definition) is 3. The number of nitrogens with one attached hydrogen (secondary N) is 3. The lowest BCUT2D eigenvalue weighted by molar-refractivity contribution is 0.0975. The molecule has 0 saturated carbocycles. The summed E-state index contributed by atoms with van der Waals surface area (Å²) in [5.74, 6) is 0.278. The van der Waals surface area contributed by atoms with Crippen molar-refractivity contribution in [1.29, 1.82) is 0 Å². The third-order valence-corrected chi connectivity index (χ3v) is 4.61. The van der Waals surface area contributed by atoms with Gasteiger partial charge in [0, 0.05) is 16.9 Å². The highest BCUT2D eigenvalue weighted by Crippen LogP contribution is 2.16. The molecular weight excluding hydrogens is 414 g/mol. The van der Waals surface area contributed by atoms with Crippen molar-refractivity contribution in [3.8, 4) is 5.75 Å². The van der Waals surface area contributed by atoms with Crippen molar-refractivity contribution in [2.75, 3.05) is 10.6 Å². The molecule has 0 saturated heterocycles. The Balaban J connectivity index is 1.50. The quantitative estimate of drug-likeness (QED) is 0.458. The van der Waals surface area contributed by atoms with Crippen LogP contribution in [0.15, 0.2) is 71.3 Å². The fraction of sp³-hybridized carbons (Fsp3) is 0.174. The fourth-order valence-electron chi connectivity index (χ4n) is 2.58. The van der Waals surface area contributed by atoms with Crippen LogP contribution in [0.3, 0.4) is 0 Å². The molecule has 0 radical (unpaired) electrons. The summed E-state index contributed by atoms with van der Waals surface area (Å²) >= 11 is 5.22. The van der Waals surface area contributed by atoms with Gasteiger partial charge < -0.3 is 19.8 Å². The van der Waals surface area contributed by atoms with Crippen LogP contribution >= 0.6 is 12.2 Å². The maximum atomic E-state index is 12.4. The van der Waals surface area contributed by atoms with Crippen molar-refractivity contribution in [1.82, 2.24) is 5.32 Å². The van der Waals surface area contributed by atoms with Gasteiger partial charge in [-0.2, -0.15) is 0 Å². The molecule has 0 bridgehead atoms. The molecule has 0 spiro atoms. The second-order valence-electron chi connectivity index (χ2n) is 6.78. The molecule has 0 aliphatic rings. The van der Waals surface area contributed by atoms with Gasteiger partial charge in [-0.3, -0.25) is 14.9 Å². The lowest BCUT2D eigenvalue weighted by Gasteiger charge is -2.13. The molecule has 1 atom stereocenters. The molecule has 7 nitrogen and oxygen atoms in total. The monoisotopic (exact) mass is 437 g/mol. The first-order valence-corrected chi connectivity index (χ1v) is 10.2. The summed E-state index contributed by atoms with van der Waals surface area (Å²) in [6, 6.07) is 17.0. The second kappa shape index (κ2) is 10.4. The largest absolute Gasteiger partial charge is 0.491 e. The standard InChI is InChI=1S/C23H23N3O4S/c1-3-15(2)30-19-12-6-16(7-13-19)21(27)26-23(31)25-18-10-8-17(9-11-18)24-22(28)20-5-4-14-29-20/h4-15H,3H2,1-2H3,(H,24,28)(H2,25,26,27,31)/t15-/m1/s1. The first-order valence-electron chi connectivity index (χ1n) is 9.78. The van der Waals surface area contributed by atoms with E-state index in [1.54, 1.807) is 60.7 Å². The Bertz CT molecular complexity index is 1030. The van der Waals surface area contributed by atoms with Gasteiger partial charge in [0.1, 0.15) is 5.75 Å². The van der Waals surface area contributed by atoms with Gasteiger partial charge >= 0.3 is 0 Å². The maximum Gasteiger partial charge on any atom is 0.291 e. The molecule has 0 aliphatic carbocycles. The van der Waals surface area contributed by atoms with E-state index in [0.29, 0.717) is 22.7 Å². The molecule has 31 heavy (non-hydrogen) atoms. The molecule has 160 valence electrons. The van der Waals surface area contributed by atoms with Crippen molar-refractivity contribution in [2.24, 2.45) is 0 Å². The zero-order valence-electron chi connectivity index (χ0n) is 17.2. The Hall–Kier alpha value is -3.65. The highest BCUT2D eigenvalue weighted by molar-refractivity contribution is 7.80. The average molecular weight is 438 g/mol. The van der Waals surface area contributed by atoms with Crippen LogP contribution in [0.2, 0.25) is 0 Å². The number of ether oxygens (including phenoxy) is 1.